The Hall–Kier alpha value is -0.280. The molecule has 0 aliphatic carbocycles. The van der Waals surface area contributed by atoms with Gasteiger partial charge in [0.2, 0.25) is 0 Å². The number of hydrogen-bond donors (Lipinski definition) is 1. The molecule has 0 aliphatic rings. The molecule has 0 rings (SSSR count). The lowest BCUT2D eigenvalue weighted by atomic mass is 10.1. The zero-order valence-corrected chi connectivity index (χ0v) is 53.7. The SMILES string of the molecule is CCCCCCCCCCCCCCOCC(C[N+](C)(C)CC(O)C[N+](C)(C)CC(COCCCCCCCCCCCCCC)OCCCCCCCCCCCCCC)OCCCCCCCCCCCCCC. The van der Waals surface area contributed by atoms with E-state index in [9.17, 15) is 5.11 Å². The Morgan fingerprint density at radius 3 is 0.645 bits per heavy atom. The van der Waals surface area contributed by atoms with Gasteiger partial charge in [-0.2, -0.15) is 0 Å². The summed E-state index contributed by atoms with van der Waals surface area (Å²) in [6.45, 7) is 16.8. The van der Waals surface area contributed by atoms with E-state index in [1.807, 2.05) is 0 Å². The fourth-order valence-corrected chi connectivity index (χ4v) is 11.7. The summed E-state index contributed by atoms with van der Waals surface area (Å²) >= 11 is 0. The van der Waals surface area contributed by atoms with Crippen molar-refractivity contribution in [2.24, 2.45) is 0 Å². The van der Waals surface area contributed by atoms with Crippen molar-refractivity contribution >= 4 is 0 Å². The molecule has 76 heavy (non-hydrogen) atoms. The van der Waals surface area contributed by atoms with Crippen molar-refractivity contribution in [3.8, 4) is 0 Å². The molecular formula is C69H144N2O5+2. The summed E-state index contributed by atoms with van der Waals surface area (Å²) in [7, 11) is 9.11. The number of hydrogen-bond acceptors (Lipinski definition) is 5. The fraction of sp³-hybridized carbons (Fsp3) is 1.00. The zero-order valence-electron chi connectivity index (χ0n) is 53.7. The van der Waals surface area contributed by atoms with Crippen LogP contribution < -0.4 is 0 Å². The predicted octanol–water partition coefficient (Wildman–Crippen LogP) is 20.1. The minimum atomic E-state index is -0.428. The second-order valence-electron chi connectivity index (χ2n) is 25.9. The summed E-state index contributed by atoms with van der Waals surface area (Å²) in [6, 6.07) is 0. The van der Waals surface area contributed by atoms with E-state index < -0.39 is 6.10 Å². The monoisotopic (exact) mass is 1080 g/mol. The van der Waals surface area contributed by atoms with E-state index in [0.717, 1.165) is 65.2 Å². The van der Waals surface area contributed by atoms with Gasteiger partial charge < -0.3 is 33.0 Å². The van der Waals surface area contributed by atoms with Crippen LogP contribution in [0.4, 0.5) is 0 Å². The van der Waals surface area contributed by atoms with Crippen molar-refractivity contribution in [2.45, 2.75) is 354 Å². The predicted molar refractivity (Wildman–Crippen MR) is 335 cm³/mol. The number of rotatable bonds is 66. The Labute approximate surface area is 479 Å². The van der Waals surface area contributed by atoms with Gasteiger partial charge in [-0.15, -0.1) is 0 Å². The van der Waals surface area contributed by atoms with Crippen molar-refractivity contribution in [1.29, 1.82) is 0 Å². The Kier molecular flexibility index (Phi) is 59.1. The average molecular weight is 1080 g/mol. The van der Waals surface area contributed by atoms with Crippen LogP contribution in [0, 0.1) is 0 Å². The molecule has 458 valence electrons. The van der Waals surface area contributed by atoms with Crippen LogP contribution >= 0.6 is 0 Å². The lowest BCUT2D eigenvalue weighted by molar-refractivity contribution is -0.917. The third-order valence-electron chi connectivity index (χ3n) is 16.4. The van der Waals surface area contributed by atoms with Gasteiger partial charge in [-0.3, -0.25) is 0 Å². The Morgan fingerprint density at radius 1 is 0.250 bits per heavy atom. The highest BCUT2D eigenvalue weighted by atomic mass is 16.5. The summed E-state index contributed by atoms with van der Waals surface area (Å²) in [6.07, 6.45) is 64.8. The maximum absolute atomic E-state index is 11.8. The van der Waals surface area contributed by atoms with Gasteiger partial charge in [-0.1, -0.05) is 310 Å². The van der Waals surface area contributed by atoms with Gasteiger partial charge >= 0.3 is 0 Å². The number of quaternary nitrogens is 2. The van der Waals surface area contributed by atoms with Crippen LogP contribution in [0.3, 0.4) is 0 Å². The van der Waals surface area contributed by atoms with E-state index in [-0.39, 0.29) is 12.2 Å². The van der Waals surface area contributed by atoms with Gasteiger partial charge in [0.25, 0.3) is 0 Å². The molecule has 0 heterocycles. The number of aliphatic hydroxyl groups excluding tert-OH is 1. The van der Waals surface area contributed by atoms with Crippen LogP contribution in [-0.2, 0) is 18.9 Å². The van der Waals surface area contributed by atoms with Crippen molar-refractivity contribution in [1.82, 2.24) is 0 Å². The molecule has 0 saturated carbocycles. The van der Waals surface area contributed by atoms with Crippen LogP contribution in [0.5, 0.6) is 0 Å². The van der Waals surface area contributed by atoms with Gasteiger partial charge in [-0.25, -0.2) is 0 Å². The molecule has 0 aliphatic heterocycles. The Morgan fingerprint density at radius 2 is 0.434 bits per heavy atom. The maximum Gasteiger partial charge on any atom is 0.152 e. The first-order valence-corrected chi connectivity index (χ1v) is 34.8. The van der Waals surface area contributed by atoms with Crippen LogP contribution in [-0.4, -0.2) is 126 Å². The van der Waals surface area contributed by atoms with E-state index in [1.165, 1.54) is 283 Å². The largest absolute Gasteiger partial charge is 0.382 e. The highest BCUT2D eigenvalue weighted by Crippen LogP contribution is 2.18. The summed E-state index contributed by atoms with van der Waals surface area (Å²) in [4.78, 5) is 0. The molecule has 1 N–H and O–H groups in total. The number of ether oxygens (including phenoxy) is 4. The first-order chi connectivity index (χ1) is 37.1. The van der Waals surface area contributed by atoms with Crippen molar-refractivity contribution in [3.63, 3.8) is 0 Å². The Bertz CT molecular complexity index is 1010. The summed E-state index contributed by atoms with van der Waals surface area (Å²) in [5.74, 6) is 0. The number of nitrogens with zero attached hydrogens (tertiary/aromatic N) is 2. The molecule has 0 fully saturated rings. The number of likely N-dealkylation sites (N-methyl/N-ethyl adjacent to an activating group) is 2. The molecule has 2 atom stereocenters. The lowest BCUT2D eigenvalue weighted by Gasteiger charge is -2.38. The van der Waals surface area contributed by atoms with Gasteiger partial charge in [0.05, 0.1) is 41.4 Å². The molecular weight excluding hydrogens is 937 g/mol. The topological polar surface area (TPSA) is 57.2 Å². The third kappa shape index (κ3) is 58.4. The third-order valence-corrected chi connectivity index (χ3v) is 16.4. The van der Waals surface area contributed by atoms with E-state index in [0.29, 0.717) is 35.3 Å². The molecule has 2 unspecified atom stereocenters. The van der Waals surface area contributed by atoms with E-state index in [1.54, 1.807) is 0 Å². The van der Waals surface area contributed by atoms with Crippen LogP contribution in [0.2, 0.25) is 0 Å². The molecule has 0 aromatic carbocycles. The molecule has 0 bridgehead atoms. The molecule has 0 amide bonds. The average Bonchev–Trinajstić information content (AvgIpc) is 3.38. The Balaban J connectivity index is 5.12. The summed E-state index contributed by atoms with van der Waals surface area (Å²) < 4.78 is 27.5. The lowest BCUT2D eigenvalue weighted by Crippen LogP contribution is -2.56. The van der Waals surface area contributed by atoms with Gasteiger partial charge in [-0.05, 0) is 25.7 Å². The van der Waals surface area contributed by atoms with Gasteiger partial charge in [0.1, 0.15) is 38.4 Å². The smallest absolute Gasteiger partial charge is 0.152 e. The summed E-state index contributed by atoms with van der Waals surface area (Å²) in [5, 5.41) is 11.8. The number of unbranched alkanes of at least 4 members (excludes halogenated alkanes) is 44. The van der Waals surface area contributed by atoms with E-state index >= 15 is 0 Å². The molecule has 0 spiro atoms. The van der Waals surface area contributed by atoms with E-state index in [2.05, 4.69) is 55.9 Å². The van der Waals surface area contributed by atoms with Crippen molar-refractivity contribution in [2.75, 3.05) is 94.0 Å². The second kappa shape index (κ2) is 59.3. The fourth-order valence-electron chi connectivity index (χ4n) is 11.7. The van der Waals surface area contributed by atoms with Crippen LogP contribution in [0.1, 0.15) is 336 Å². The van der Waals surface area contributed by atoms with Gasteiger partial charge in [0.15, 0.2) is 6.10 Å². The molecule has 7 nitrogen and oxygen atoms in total. The first-order valence-electron chi connectivity index (χ1n) is 34.8. The van der Waals surface area contributed by atoms with Crippen molar-refractivity contribution < 1.29 is 33.0 Å². The molecule has 0 aromatic heterocycles. The molecule has 7 heteroatoms. The number of aliphatic hydroxyl groups is 1. The van der Waals surface area contributed by atoms with E-state index in [4.69, 9.17) is 18.9 Å². The van der Waals surface area contributed by atoms with Crippen LogP contribution in [0.25, 0.3) is 0 Å². The second-order valence-corrected chi connectivity index (χ2v) is 25.9. The molecule has 0 saturated heterocycles. The maximum atomic E-state index is 11.8. The highest BCUT2D eigenvalue weighted by molar-refractivity contribution is 4.64. The highest BCUT2D eigenvalue weighted by Gasteiger charge is 2.32. The van der Waals surface area contributed by atoms with Crippen molar-refractivity contribution in [3.05, 3.63) is 0 Å². The van der Waals surface area contributed by atoms with Gasteiger partial charge in [0, 0.05) is 26.4 Å². The first kappa shape index (κ1) is 75.7. The normalized spacial score (nSPS) is 13.5. The van der Waals surface area contributed by atoms with Crippen LogP contribution in [0.15, 0.2) is 0 Å². The minimum absolute atomic E-state index is 0.0371. The standard InChI is InChI=1S/C69H144N2O5/c1-9-13-17-21-25-29-33-37-41-45-49-53-57-73-65-68(75-59-55-51-47-43-39-35-31-27-23-19-15-11-3)63-70(5,6)61-67(72)62-71(7,8)64-69(76-60-56-52-48-44-40-36-32-28-24-20-16-12-4)66-74-58-54-50-46-42-38-34-30-26-22-18-14-10-2/h67-69,72H,9-66H2,1-8H3/q+2. The minimum Gasteiger partial charge on any atom is -0.382 e. The molecule has 0 aromatic rings. The zero-order chi connectivity index (χ0) is 55.6. The molecule has 0 radical (unpaired) electrons. The summed E-state index contributed by atoms with van der Waals surface area (Å²) in [5.41, 5.74) is 0. The quantitative estimate of drug-likeness (QED) is 0.0486.